The smallest absolute Gasteiger partial charge is 0.253 e. The van der Waals surface area contributed by atoms with Gasteiger partial charge in [-0.25, -0.2) is 4.39 Å². The second-order valence-electron chi connectivity index (χ2n) is 10.5. The number of benzene rings is 2. The molecule has 1 amide bonds. The van der Waals surface area contributed by atoms with E-state index in [0.29, 0.717) is 68.3 Å². The van der Waals surface area contributed by atoms with Gasteiger partial charge in [-0.05, 0) is 86.5 Å². The van der Waals surface area contributed by atoms with Crippen molar-refractivity contribution < 1.29 is 19.0 Å². The third-order valence-corrected chi connectivity index (χ3v) is 7.97. The van der Waals surface area contributed by atoms with Crippen LogP contribution in [0.1, 0.15) is 61.9 Å². The van der Waals surface area contributed by atoms with Crippen molar-refractivity contribution in [3.8, 4) is 22.9 Å². The molecule has 2 aromatic rings. The average Bonchev–Trinajstić information content (AvgIpc) is 3.38. The lowest BCUT2D eigenvalue weighted by molar-refractivity contribution is 0.0568. The number of likely N-dealkylation sites (tertiary alicyclic amines) is 2. The van der Waals surface area contributed by atoms with Crippen LogP contribution in [0.4, 0.5) is 4.39 Å². The highest BCUT2D eigenvalue weighted by Gasteiger charge is 2.30. The lowest BCUT2D eigenvalue weighted by atomic mass is 9.94. The molecule has 2 heterocycles. The number of hydrogen-bond acceptors (Lipinski definition) is 5. The molecular formula is C30H38FN3O3. The number of β-amino-alcohol motifs (C(OH)–C–C–N with tert-alkyl or cyclic N) is 1. The molecule has 1 atom stereocenters. The van der Waals surface area contributed by atoms with E-state index in [4.69, 9.17) is 4.74 Å². The molecule has 2 aliphatic heterocycles. The molecule has 0 bridgehead atoms. The quantitative estimate of drug-likeness (QED) is 0.514. The Morgan fingerprint density at radius 3 is 2.35 bits per heavy atom. The maximum Gasteiger partial charge on any atom is 0.253 e. The summed E-state index contributed by atoms with van der Waals surface area (Å²) in [5, 5.41) is 19.4. The Balaban J connectivity index is 1.32. The number of carbonyl (C=O) groups excluding carboxylic acids is 1. The molecule has 0 aliphatic carbocycles. The van der Waals surface area contributed by atoms with Crippen molar-refractivity contribution in [2.75, 3.05) is 39.3 Å². The maximum atomic E-state index is 14.7. The molecular weight excluding hydrogens is 469 g/mol. The molecule has 4 rings (SSSR count). The molecule has 2 aliphatic rings. The number of piperidine rings is 1. The van der Waals surface area contributed by atoms with Gasteiger partial charge in [0.2, 0.25) is 0 Å². The Kier molecular flexibility index (Phi) is 8.83. The first kappa shape index (κ1) is 27.1. The number of nitrogens with zero attached hydrogens (tertiary/aromatic N) is 3. The van der Waals surface area contributed by atoms with Gasteiger partial charge < -0.3 is 19.6 Å². The average molecular weight is 508 g/mol. The van der Waals surface area contributed by atoms with Gasteiger partial charge in [-0.2, -0.15) is 5.26 Å². The van der Waals surface area contributed by atoms with Crippen LogP contribution in [0.2, 0.25) is 0 Å². The molecule has 0 aromatic heterocycles. The number of amides is 1. The largest absolute Gasteiger partial charge is 0.492 e. The molecule has 37 heavy (non-hydrogen) atoms. The third kappa shape index (κ3) is 6.68. The number of rotatable bonds is 9. The van der Waals surface area contributed by atoms with E-state index in [9.17, 15) is 19.6 Å². The number of nitriles is 1. The molecule has 0 unspecified atom stereocenters. The van der Waals surface area contributed by atoms with E-state index in [2.05, 4.69) is 11.0 Å². The van der Waals surface area contributed by atoms with E-state index in [1.165, 1.54) is 0 Å². The number of alkyl halides is 1. The summed E-state index contributed by atoms with van der Waals surface area (Å²) >= 11 is 0. The van der Waals surface area contributed by atoms with Crippen molar-refractivity contribution in [3.05, 3.63) is 53.6 Å². The summed E-state index contributed by atoms with van der Waals surface area (Å²) in [6.45, 7) is 7.59. The highest BCUT2D eigenvalue weighted by molar-refractivity contribution is 5.95. The SMILES string of the molecule is CCC(F)(CC)CN1CCC(COc2ccc(-c3ccc(C(=O)N4CC[C@H](O)C4)cc3)cc2C#N)CC1. The van der Waals surface area contributed by atoms with Crippen molar-refractivity contribution >= 4 is 5.91 Å². The Labute approximate surface area is 219 Å². The number of aliphatic hydroxyl groups is 1. The zero-order chi connectivity index (χ0) is 26.4. The predicted octanol–water partition coefficient (Wildman–Crippen LogP) is 5.05. The van der Waals surface area contributed by atoms with Gasteiger partial charge in [0.15, 0.2) is 0 Å². The molecule has 0 spiro atoms. The topological polar surface area (TPSA) is 76.8 Å². The second kappa shape index (κ2) is 12.1. The minimum atomic E-state index is -1.10. The van der Waals surface area contributed by atoms with Gasteiger partial charge in [0, 0.05) is 25.2 Å². The van der Waals surface area contributed by atoms with Gasteiger partial charge in [-0.1, -0.05) is 32.0 Å². The van der Waals surface area contributed by atoms with E-state index in [-0.39, 0.29) is 5.91 Å². The van der Waals surface area contributed by atoms with Crippen LogP contribution in [0, 0.1) is 17.2 Å². The standard InChI is InChI=1S/C30H38FN3O3/c1-3-30(31,4-2)21-33-14-11-22(12-15-33)20-37-28-10-9-25(17-26(28)18-32)23-5-7-24(8-6-23)29(36)34-16-13-27(35)19-34/h5-10,17,22,27,35H,3-4,11-16,19-21H2,1-2H3/t27-/m0/s1. The highest BCUT2D eigenvalue weighted by Crippen LogP contribution is 2.29. The third-order valence-electron chi connectivity index (χ3n) is 7.97. The van der Waals surface area contributed by atoms with Gasteiger partial charge in [0.1, 0.15) is 17.5 Å². The van der Waals surface area contributed by atoms with Crippen LogP contribution in [-0.4, -0.2) is 71.9 Å². The van der Waals surface area contributed by atoms with Gasteiger partial charge in [0.05, 0.1) is 18.3 Å². The number of ether oxygens (including phenoxy) is 1. The normalized spacial score (nSPS) is 19.1. The lowest BCUT2D eigenvalue weighted by Gasteiger charge is -2.36. The van der Waals surface area contributed by atoms with Gasteiger partial charge >= 0.3 is 0 Å². The number of hydrogen-bond donors (Lipinski definition) is 1. The van der Waals surface area contributed by atoms with Gasteiger partial charge in [-0.3, -0.25) is 4.79 Å². The van der Waals surface area contributed by atoms with Gasteiger partial charge in [0.25, 0.3) is 5.91 Å². The molecule has 1 N–H and O–H groups in total. The van der Waals surface area contributed by atoms with Gasteiger partial charge in [-0.15, -0.1) is 0 Å². The van der Waals surface area contributed by atoms with Crippen LogP contribution in [0.15, 0.2) is 42.5 Å². The lowest BCUT2D eigenvalue weighted by Crippen LogP contribution is -2.44. The van der Waals surface area contributed by atoms with E-state index in [1.54, 1.807) is 17.0 Å². The van der Waals surface area contributed by atoms with Crippen molar-refractivity contribution in [3.63, 3.8) is 0 Å². The fourth-order valence-corrected chi connectivity index (χ4v) is 5.23. The molecule has 198 valence electrons. The second-order valence-corrected chi connectivity index (χ2v) is 10.5. The Hall–Kier alpha value is -2.95. The summed E-state index contributed by atoms with van der Waals surface area (Å²) in [6.07, 6.45) is 3.20. The summed E-state index contributed by atoms with van der Waals surface area (Å²) in [4.78, 5) is 16.5. The predicted molar refractivity (Wildman–Crippen MR) is 142 cm³/mol. The zero-order valence-corrected chi connectivity index (χ0v) is 22.0. The van der Waals surface area contributed by atoms with E-state index in [1.807, 2.05) is 44.2 Å². The maximum absolute atomic E-state index is 14.7. The number of carbonyl (C=O) groups is 1. The van der Waals surface area contributed by atoms with Crippen molar-refractivity contribution in [1.29, 1.82) is 5.26 Å². The minimum Gasteiger partial charge on any atom is -0.492 e. The fraction of sp³-hybridized carbons (Fsp3) is 0.533. The van der Waals surface area contributed by atoms with Crippen LogP contribution < -0.4 is 4.74 Å². The minimum absolute atomic E-state index is 0.0739. The number of halogens is 1. The Morgan fingerprint density at radius 1 is 1.08 bits per heavy atom. The Bertz CT molecular complexity index is 1100. The van der Waals surface area contributed by atoms with Crippen molar-refractivity contribution in [2.24, 2.45) is 5.92 Å². The first-order valence-corrected chi connectivity index (χ1v) is 13.5. The summed E-state index contributed by atoms with van der Waals surface area (Å²) in [6, 6.07) is 15.2. The first-order chi connectivity index (χ1) is 17.8. The summed E-state index contributed by atoms with van der Waals surface area (Å²) in [5.41, 5.74) is 1.77. The van der Waals surface area contributed by atoms with E-state index < -0.39 is 11.8 Å². The highest BCUT2D eigenvalue weighted by atomic mass is 19.1. The van der Waals surface area contributed by atoms with E-state index >= 15 is 0 Å². The van der Waals surface area contributed by atoms with E-state index in [0.717, 1.165) is 37.1 Å². The summed E-state index contributed by atoms with van der Waals surface area (Å²) < 4.78 is 20.8. The van der Waals surface area contributed by atoms with Crippen LogP contribution in [0.25, 0.3) is 11.1 Å². The summed E-state index contributed by atoms with van der Waals surface area (Å²) in [7, 11) is 0. The monoisotopic (exact) mass is 507 g/mol. The molecule has 7 heteroatoms. The van der Waals surface area contributed by atoms with Crippen LogP contribution >= 0.6 is 0 Å². The molecule has 0 saturated carbocycles. The van der Waals surface area contributed by atoms with Crippen molar-refractivity contribution in [2.45, 2.75) is 57.7 Å². The summed E-state index contributed by atoms with van der Waals surface area (Å²) in [5.74, 6) is 0.893. The first-order valence-electron chi connectivity index (χ1n) is 13.5. The molecule has 2 fully saturated rings. The van der Waals surface area contributed by atoms with Crippen LogP contribution in [-0.2, 0) is 0 Å². The van der Waals surface area contributed by atoms with Crippen LogP contribution in [0.5, 0.6) is 5.75 Å². The number of aliphatic hydroxyl groups excluding tert-OH is 1. The van der Waals surface area contributed by atoms with Crippen molar-refractivity contribution in [1.82, 2.24) is 9.80 Å². The molecule has 2 aromatic carbocycles. The Morgan fingerprint density at radius 2 is 1.76 bits per heavy atom. The molecule has 0 radical (unpaired) electrons. The van der Waals surface area contributed by atoms with Crippen LogP contribution in [0.3, 0.4) is 0 Å². The zero-order valence-electron chi connectivity index (χ0n) is 22.0. The molecule has 6 nitrogen and oxygen atoms in total. The molecule has 2 saturated heterocycles. The fourth-order valence-electron chi connectivity index (χ4n) is 5.23.